The number of nitrogens with zero attached hydrogens (tertiary/aromatic N) is 3. The second-order valence-electron chi connectivity index (χ2n) is 8.15. The van der Waals surface area contributed by atoms with Crippen molar-refractivity contribution in [1.29, 1.82) is 0 Å². The monoisotopic (exact) mass is 495 g/mol. The molecule has 0 spiro atoms. The predicted molar refractivity (Wildman–Crippen MR) is 127 cm³/mol. The zero-order chi connectivity index (χ0) is 25.7. The third kappa shape index (κ3) is 5.73. The Labute approximate surface area is 206 Å². The van der Waals surface area contributed by atoms with Crippen molar-refractivity contribution in [2.45, 2.75) is 25.6 Å². The van der Waals surface area contributed by atoms with E-state index >= 15 is 0 Å². The molecular weight excluding hydrogens is 471 g/mol. The highest BCUT2D eigenvalue weighted by atomic mass is 19.4. The third-order valence-electron chi connectivity index (χ3n) is 5.85. The molecule has 3 aromatic carbocycles. The molecule has 0 aliphatic carbocycles. The molecule has 0 saturated carbocycles. The summed E-state index contributed by atoms with van der Waals surface area (Å²) in [6.07, 6.45) is -4.20. The molecule has 186 valence electrons. The predicted octanol–water partition coefficient (Wildman–Crippen LogP) is 6.21. The lowest BCUT2D eigenvalue weighted by atomic mass is 10.0. The van der Waals surface area contributed by atoms with Crippen LogP contribution in [0.25, 0.3) is 11.4 Å². The quantitative estimate of drug-likeness (QED) is 0.291. The van der Waals surface area contributed by atoms with Crippen molar-refractivity contribution < 1.29 is 27.2 Å². The summed E-state index contributed by atoms with van der Waals surface area (Å²) in [5.41, 5.74) is 0.997. The summed E-state index contributed by atoms with van der Waals surface area (Å²) in [6, 6.07) is 20.5. The van der Waals surface area contributed by atoms with Crippen molar-refractivity contribution in [2.75, 3.05) is 13.7 Å². The SMILES string of the molecule is COc1ccc(-c2noc(CCN(C(=O)c3ccc(C(F)(F)F)cc3)[C@@H](C)c3ccccc3)n2)cc1. The van der Waals surface area contributed by atoms with E-state index in [1.54, 1.807) is 24.1 Å². The number of halogens is 3. The van der Waals surface area contributed by atoms with Crippen molar-refractivity contribution in [3.8, 4) is 17.1 Å². The van der Waals surface area contributed by atoms with Gasteiger partial charge in [0.05, 0.1) is 18.7 Å². The fourth-order valence-electron chi connectivity index (χ4n) is 3.78. The fourth-order valence-corrected chi connectivity index (χ4v) is 3.78. The van der Waals surface area contributed by atoms with Crippen molar-refractivity contribution in [3.05, 3.63) is 101 Å². The average molecular weight is 496 g/mol. The van der Waals surface area contributed by atoms with Crippen LogP contribution in [0, 0.1) is 0 Å². The van der Waals surface area contributed by atoms with Gasteiger partial charge in [-0.2, -0.15) is 18.2 Å². The Kier molecular flexibility index (Phi) is 7.38. The zero-order valence-electron chi connectivity index (χ0n) is 19.7. The number of amides is 1. The van der Waals surface area contributed by atoms with Crippen LogP contribution in [0.1, 0.15) is 40.3 Å². The van der Waals surface area contributed by atoms with Crippen LogP contribution in [0.3, 0.4) is 0 Å². The molecule has 36 heavy (non-hydrogen) atoms. The summed E-state index contributed by atoms with van der Waals surface area (Å²) in [5, 5.41) is 4.02. The number of carbonyl (C=O) groups is 1. The second kappa shape index (κ2) is 10.6. The molecule has 0 unspecified atom stereocenters. The van der Waals surface area contributed by atoms with Crippen LogP contribution < -0.4 is 4.74 Å². The van der Waals surface area contributed by atoms with E-state index in [1.165, 1.54) is 12.1 Å². The van der Waals surface area contributed by atoms with E-state index < -0.39 is 17.6 Å². The summed E-state index contributed by atoms with van der Waals surface area (Å²) in [5.74, 6) is 1.06. The lowest BCUT2D eigenvalue weighted by Gasteiger charge is -2.29. The highest BCUT2D eigenvalue weighted by molar-refractivity contribution is 5.94. The van der Waals surface area contributed by atoms with E-state index in [4.69, 9.17) is 9.26 Å². The molecule has 0 saturated heterocycles. The van der Waals surface area contributed by atoms with Gasteiger partial charge in [-0.25, -0.2) is 0 Å². The Balaban J connectivity index is 1.54. The van der Waals surface area contributed by atoms with Gasteiger partial charge in [0.15, 0.2) is 0 Å². The first-order chi connectivity index (χ1) is 17.3. The lowest BCUT2D eigenvalue weighted by Crippen LogP contribution is -2.35. The minimum absolute atomic E-state index is 0.162. The van der Waals surface area contributed by atoms with Crippen molar-refractivity contribution in [3.63, 3.8) is 0 Å². The maximum absolute atomic E-state index is 13.4. The van der Waals surface area contributed by atoms with Crippen LogP contribution in [0.2, 0.25) is 0 Å². The van der Waals surface area contributed by atoms with Crippen molar-refractivity contribution >= 4 is 5.91 Å². The van der Waals surface area contributed by atoms with Gasteiger partial charge in [0.25, 0.3) is 5.91 Å². The molecule has 1 heterocycles. The number of alkyl halides is 3. The van der Waals surface area contributed by atoms with Gasteiger partial charge < -0.3 is 14.2 Å². The largest absolute Gasteiger partial charge is 0.497 e. The van der Waals surface area contributed by atoms with Crippen LogP contribution >= 0.6 is 0 Å². The van der Waals surface area contributed by atoms with Crippen LogP contribution in [-0.2, 0) is 12.6 Å². The molecule has 0 aliphatic rings. The van der Waals surface area contributed by atoms with E-state index in [1.807, 2.05) is 49.4 Å². The molecule has 4 rings (SSSR count). The fraction of sp³-hybridized carbons (Fsp3) is 0.222. The van der Waals surface area contributed by atoms with Crippen LogP contribution in [0.15, 0.2) is 83.4 Å². The van der Waals surface area contributed by atoms with Gasteiger partial charge in [-0.15, -0.1) is 0 Å². The average Bonchev–Trinajstić information content (AvgIpc) is 3.37. The van der Waals surface area contributed by atoms with E-state index in [0.29, 0.717) is 17.5 Å². The third-order valence-corrected chi connectivity index (χ3v) is 5.85. The van der Waals surface area contributed by atoms with E-state index in [0.717, 1.165) is 23.3 Å². The number of methoxy groups -OCH3 is 1. The van der Waals surface area contributed by atoms with Crippen molar-refractivity contribution in [2.24, 2.45) is 0 Å². The molecule has 1 amide bonds. The van der Waals surface area contributed by atoms with Gasteiger partial charge in [0.1, 0.15) is 5.75 Å². The van der Waals surface area contributed by atoms with Crippen LogP contribution in [0.4, 0.5) is 13.2 Å². The molecule has 1 aromatic heterocycles. The number of aromatic nitrogens is 2. The first-order valence-electron chi connectivity index (χ1n) is 11.3. The first-order valence-corrected chi connectivity index (χ1v) is 11.3. The van der Waals surface area contributed by atoms with Gasteiger partial charge >= 0.3 is 6.18 Å². The number of rotatable bonds is 8. The molecule has 4 aromatic rings. The molecule has 0 bridgehead atoms. The van der Waals surface area contributed by atoms with Gasteiger partial charge in [-0.3, -0.25) is 4.79 Å². The van der Waals surface area contributed by atoms with E-state index in [2.05, 4.69) is 10.1 Å². The van der Waals surface area contributed by atoms with Gasteiger partial charge in [-0.1, -0.05) is 35.5 Å². The smallest absolute Gasteiger partial charge is 0.416 e. The summed E-state index contributed by atoms with van der Waals surface area (Å²) in [7, 11) is 1.58. The Morgan fingerprint density at radius 3 is 2.28 bits per heavy atom. The maximum Gasteiger partial charge on any atom is 0.416 e. The Morgan fingerprint density at radius 1 is 1.00 bits per heavy atom. The van der Waals surface area contributed by atoms with Gasteiger partial charge in [0.2, 0.25) is 11.7 Å². The second-order valence-corrected chi connectivity index (χ2v) is 8.15. The molecule has 9 heteroatoms. The van der Waals surface area contributed by atoms with E-state index in [9.17, 15) is 18.0 Å². The molecule has 0 fully saturated rings. The lowest BCUT2D eigenvalue weighted by molar-refractivity contribution is -0.137. The van der Waals surface area contributed by atoms with Gasteiger partial charge in [-0.05, 0) is 61.0 Å². The summed E-state index contributed by atoms with van der Waals surface area (Å²) in [6.45, 7) is 2.09. The Bertz CT molecular complexity index is 1290. The molecular formula is C27H24F3N3O3. The number of carbonyl (C=O) groups excluding carboxylic acids is 1. The maximum atomic E-state index is 13.4. The van der Waals surface area contributed by atoms with Crippen LogP contribution in [-0.4, -0.2) is 34.6 Å². The Morgan fingerprint density at radius 2 is 1.67 bits per heavy atom. The summed E-state index contributed by atoms with van der Waals surface area (Å²) >= 11 is 0. The molecule has 6 nitrogen and oxygen atoms in total. The van der Waals surface area contributed by atoms with Crippen molar-refractivity contribution in [1.82, 2.24) is 15.0 Å². The highest BCUT2D eigenvalue weighted by Gasteiger charge is 2.31. The molecule has 0 aliphatic heterocycles. The first kappa shape index (κ1) is 25.0. The topological polar surface area (TPSA) is 68.5 Å². The minimum Gasteiger partial charge on any atom is -0.497 e. The minimum atomic E-state index is -4.47. The van der Waals surface area contributed by atoms with Crippen LogP contribution in [0.5, 0.6) is 5.75 Å². The standard InChI is InChI=1S/C27H24F3N3O3/c1-18(19-6-4-3-5-7-19)33(26(34)21-8-12-22(13-9-21)27(28,29)30)17-16-24-31-25(32-36-24)20-10-14-23(35-2)15-11-20/h3-15,18H,16-17H2,1-2H3/t18-/m0/s1. The van der Waals surface area contributed by atoms with E-state index in [-0.39, 0.29) is 24.6 Å². The Hall–Kier alpha value is -4.14. The number of hydrogen-bond acceptors (Lipinski definition) is 5. The normalized spacial score (nSPS) is 12.2. The number of benzene rings is 3. The summed E-state index contributed by atoms with van der Waals surface area (Å²) in [4.78, 5) is 19.4. The summed E-state index contributed by atoms with van der Waals surface area (Å²) < 4.78 is 49.5. The molecule has 0 N–H and O–H groups in total. The zero-order valence-corrected chi connectivity index (χ0v) is 19.7. The number of ether oxygens (including phenoxy) is 1. The molecule has 0 radical (unpaired) electrons. The highest BCUT2D eigenvalue weighted by Crippen LogP contribution is 2.30. The number of hydrogen-bond donors (Lipinski definition) is 0. The molecule has 1 atom stereocenters. The van der Waals surface area contributed by atoms with Gasteiger partial charge in [0, 0.05) is 24.1 Å².